The Morgan fingerprint density at radius 3 is 2.38 bits per heavy atom. The van der Waals surface area contributed by atoms with Crippen LogP contribution in [0.1, 0.15) is 17.2 Å². The summed E-state index contributed by atoms with van der Waals surface area (Å²) in [4.78, 5) is 2.26. The molecule has 118 valence electrons. The lowest BCUT2D eigenvalue weighted by molar-refractivity contribution is 0.140. The van der Waals surface area contributed by atoms with Gasteiger partial charge in [-0.1, -0.05) is 28.1 Å². The minimum Gasteiger partial charge on any atom is -0.329 e. The van der Waals surface area contributed by atoms with E-state index in [1.807, 2.05) is 0 Å². The Hall–Kier alpha value is -0.470. The molecule has 2 N–H and O–H groups in total. The van der Waals surface area contributed by atoms with Gasteiger partial charge in [0.1, 0.15) is 0 Å². The van der Waals surface area contributed by atoms with Crippen LogP contribution in [0.2, 0.25) is 0 Å². The van der Waals surface area contributed by atoms with Gasteiger partial charge in [0.2, 0.25) is 10.0 Å². The van der Waals surface area contributed by atoms with Gasteiger partial charge in [-0.25, -0.2) is 8.42 Å². The maximum absolute atomic E-state index is 11.6. The van der Waals surface area contributed by atoms with Crippen LogP contribution in [0.15, 0.2) is 22.7 Å². The second-order valence-electron chi connectivity index (χ2n) is 5.46. The summed E-state index contributed by atoms with van der Waals surface area (Å²) >= 11 is 3.56. The fourth-order valence-electron chi connectivity index (χ4n) is 2.66. The van der Waals surface area contributed by atoms with Gasteiger partial charge in [0.25, 0.3) is 0 Å². The van der Waals surface area contributed by atoms with Crippen LogP contribution >= 0.6 is 15.9 Å². The summed E-state index contributed by atoms with van der Waals surface area (Å²) in [5, 5.41) is 0. The quantitative estimate of drug-likeness (QED) is 0.861. The molecule has 0 spiro atoms. The van der Waals surface area contributed by atoms with E-state index in [9.17, 15) is 8.42 Å². The normalized spacial score (nSPS) is 19.6. The van der Waals surface area contributed by atoms with Crippen LogP contribution < -0.4 is 5.73 Å². The molecule has 1 unspecified atom stereocenters. The molecule has 0 bridgehead atoms. The number of benzene rings is 1. The highest BCUT2D eigenvalue weighted by Gasteiger charge is 2.27. The fourth-order valence-corrected chi connectivity index (χ4v) is 3.88. The maximum atomic E-state index is 11.6. The summed E-state index contributed by atoms with van der Waals surface area (Å²) < 4.78 is 25.7. The maximum Gasteiger partial charge on any atom is 0.211 e. The number of aryl methyl sites for hydroxylation is 1. The lowest BCUT2D eigenvalue weighted by atomic mass is 10.0. The number of piperazine rings is 1. The average Bonchev–Trinajstić information content (AvgIpc) is 2.43. The second-order valence-corrected chi connectivity index (χ2v) is 8.29. The van der Waals surface area contributed by atoms with Crippen LogP contribution in [0.25, 0.3) is 0 Å². The number of hydrogen-bond donors (Lipinski definition) is 1. The van der Waals surface area contributed by atoms with E-state index in [4.69, 9.17) is 5.73 Å². The van der Waals surface area contributed by atoms with E-state index in [1.165, 1.54) is 21.7 Å². The van der Waals surface area contributed by atoms with E-state index in [-0.39, 0.29) is 6.04 Å². The van der Waals surface area contributed by atoms with Gasteiger partial charge in [-0.3, -0.25) is 4.90 Å². The Bertz CT molecular complexity index is 598. The topological polar surface area (TPSA) is 66.6 Å². The van der Waals surface area contributed by atoms with Crippen LogP contribution in [0.5, 0.6) is 0 Å². The van der Waals surface area contributed by atoms with Crippen LogP contribution in [-0.4, -0.2) is 56.6 Å². The Balaban J connectivity index is 2.11. The van der Waals surface area contributed by atoms with E-state index in [1.54, 1.807) is 0 Å². The van der Waals surface area contributed by atoms with Gasteiger partial charge in [0.15, 0.2) is 0 Å². The lowest BCUT2D eigenvalue weighted by Crippen LogP contribution is -2.50. The molecule has 1 atom stereocenters. The van der Waals surface area contributed by atoms with Gasteiger partial charge < -0.3 is 5.73 Å². The van der Waals surface area contributed by atoms with Gasteiger partial charge in [-0.05, 0) is 24.1 Å². The van der Waals surface area contributed by atoms with Gasteiger partial charge in [0.05, 0.1) is 6.26 Å². The monoisotopic (exact) mass is 375 g/mol. The molecule has 1 aromatic rings. The number of rotatable bonds is 4. The van der Waals surface area contributed by atoms with Crippen LogP contribution in [0.4, 0.5) is 0 Å². The second kappa shape index (κ2) is 6.75. The summed E-state index contributed by atoms with van der Waals surface area (Å²) in [6.45, 7) is 5.05. The summed E-state index contributed by atoms with van der Waals surface area (Å²) in [5.41, 5.74) is 8.32. The summed E-state index contributed by atoms with van der Waals surface area (Å²) in [6, 6.07) is 6.41. The lowest BCUT2D eigenvalue weighted by Gasteiger charge is -2.38. The molecular formula is C14H22BrN3O2S. The molecule has 1 aliphatic rings. The Morgan fingerprint density at radius 2 is 1.90 bits per heavy atom. The predicted molar refractivity (Wildman–Crippen MR) is 88.7 cm³/mol. The standard InChI is InChI=1S/C14H22BrN3O2S/c1-11-3-4-12(9-13(11)15)14(10-16)17-5-7-18(8-6-17)21(2,19)20/h3-4,9,14H,5-8,10,16H2,1-2H3. The summed E-state index contributed by atoms with van der Waals surface area (Å²) in [7, 11) is -3.09. The van der Waals surface area contributed by atoms with E-state index in [0.717, 1.165) is 4.47 Å². The Kier molecular flexibility index (Phi) is 5.43. The highest BCUT2D eigenvalue weighted by Crippen LogP contribution is 2.26. The Labute approximate surface area is 135 Å². The smallest absolute Gasteiger partial charge is 0.211 e. The van der Waals surface area contributed by atoms with E-state index < -0.39 is 10.0 Å². The summed E-state index contributed by atoms with van der Waals surface area (Å²) in [6.07, 6.45) is 1.26. The van der Waals surface area contributed by atoms with E-state index in [0.29, 0.717) is 32.7 Å². The van der Waals surface area contributed by atoms with Crippen LogP contribution in [-0.2, 0) is 10.0 Å². The molecule has 0 amide bonds. The highest BCUT2D eigenvalue weighted by molar-refractivity contribution is 9.10. The zero-order valence-corrected chi connectivity index (χ0v) is 14.8. The number of nitrogens with two attached hydrogens (primary N) is 1. The van der Waals surface area contributed by atoms with Crippen LogP contribution in [0, 0.1) is 6.92 Å². The fraction of sp³-hybridized carbons (Fsp3) is 0.571. The molecule has 1 saturated heterocycles. The minimum absolute atomic E-state index is 0.128. The zero-order valence-electron chi connectivity index (χ0n) is 12.4. The number of nitrogens with zero attached hydrogens (tertiary/aromatic N) is 2. The Morgan fingerprint density at radius 1 is 1.29 bits per heavy atom. The third-order valence-corrected chi connectivity index (χ3v) is 6.14. The molecule has 0 saturated carbocycles. The van der Waals surface area contributed by atoms with Gasteiger partial charge in [-0.2, -0.15) is 4.31 Å². The van der Waals surface area contributed by atoms with Crippen molar-refractivity contribution in [2.24, 2.45) is 5.73 Å². The largest absolute Gasteiger partial charge is 0.329 e. The average molecular weight is 376 g/mol. The van der Waals surface area contributed by atoms with Gasteiger partial charge >= 0.3 is 0 Å². The van der Waals surface area contributed by atoms with Crippen molar-refractivity contribution in [3.8, 4) is 0 Å². The molecule has 1 fully saturated rings. The first-order chi connectivity index (χ1) is 9.82. The first-order valence-electron chi connectivity index (χ1n) is 6.98. The highest BCUT2D eigenvalue weighted by atomic mass is 79.9. The number of halogens is 1. The first-order valence-corrected chi connectivity index (χ1v) is 9.62. The van der Waals surface area contributed by atoms with Crippen molar-refractivity contribution in [2.75, 3.05) is 39.0 Å². The molecule has 5 nitrogen and oxygen atoms in total. The summed E-state index contributed by atoms with van der Waals surface area (Å²) in [5.74, 6) is 0. The molecule has 0 radical (unpaired) electrons. The van der Waals surface area contributed by atoms with Crippen molar-refractivity contribution in [1.29, 1.82) is 0 Å². The zero-order chi connectivity index (χ0) is 15.6. The van der Waals surface area contributed by atoms with E-state index >= 15 is 0 Å². The molecule has 0 aliphatic carbocycles. The molecule has 1 aliphatic heterocycles. The third kappa shape index (κ3) is 4.04. The molecular weight excluding hydrogens is 354 g/mol. The third-order valence-electron chi connectivity index (χ3n) is 3.99. The molecule has 1 aromatic carbocycles. The molecule has 21 heavy (non-hydrogen) atoms. The molecule has 7 heteroatoms. The van der Waals surface area contributed by atoms with E-state index in [2.05, 4.69) is 46.0 Å². The number of hydrogen-bond acceptors (Lipinski definition) is 4. The molecule has 0 aromatic heterocycles. The van der Waals surface area contributed by atoms with Crippen molar-refractivity contribution in [2.45, 2.75) is 13.0 Å². The molecule has 2 rings (SSSR count). The van der Waals surface area contributed by atoms with Crippen molar-refractivity contribution in [3.63, 3.8) is 0 Å². The first kappa shape index (κ1) is 16.9. The van der Waals surface area contributed by atoms with Gasteiger partial charge in [0, 0.05) is 43.2 Å². The van der Waals surface area contributed by atoms with Crippen molar-refractivity contribution < 1.29 is 8.42 Å². The SMILES string of the molecule is Cc1ccc(C(CN)N2CCN(S(C)(=O)=O)CC2)cc1Br. The minimum atomic E-state index is -3.09. The van der Waals surface area contributed by atoms with Gasteiger partial charge in [-0.15, -0.1) is 0 Å². The predicted octanol–water partition coefficient (Wildman–Crippen LogP) is 1.33. The van der Waals surface area contributed by atoms with Crippen molar-refractivity contribution in [1.82, 2.24) is 9.21 Å². The number of sulfonamides is 1. The molecule has 1 heterocycles. The van der Waals surface area contributed by atoms with Crippen molar-refractivity contribution >= 4 is 26.0 Å². The van der Waals surface area contributed by atoms with Crippen LogP contribution in [0.3, 0.4) is 0 Å². The van der Waals surface area contributed by atoms with Crippen molar-refractivity contribution in [3.05, 3.63) is 33.8 Å².